The van der Waals surface area contributed by atoms with E-state index in [1.807, 2.05) is 13.8 Å². The number of nitrogens with two attached hydrogens (primary N) is 1. The van der Waals surface area contributed by atoms with Crippen molar-refractivity contribution in [3.63, 3.8) is 0 Å². The van der Waals surface area contributed by atoms with Crippen molar-refractivity contribution in [3.8, 4) is 0 Å². The van der Waals surface area contributed by atoms with E-state index in [-0.39, 0.29) is 11.7 Å². The molecule has 0 radical (unpaired) electrons. The van der Waals surface area contributed by atoms with E-state index >= 15 is 0 Å². The van der Waals surface area contributed by atoms with Crippen molar-refractivity contribution >= 4 is 22.5 Å². The number of fused-ring (bicyclic) bond motifs is 1. The molecule has 4 nitrogen and oxygen atoms in total. The van der Waals surface area contributed by atoms with Crippen LogP contribution in [0.15, 0.2) is 24.4 Å². The number of carbonyl (C=O) groups is 1. The molecule has 0 aliphatic rings. The predicted octanol–water partition coefficient (Wildman–Crippen LogP) is 2.44. The summed E-state index contributed by atoms with van der Waals surface area (Å²) >= 11 is 0. The second kappa shape index (κ2) is 4.49. The molecule has 1 unspecified atom stereocenters. The van der Waals surface area contributed by atoms with Crippen LogP contribution in [0.3, 0.4) is 0 Å². The Hall–Kier alpha value is -1.97. The minimum absolute atomic E-state index is 0.0180. The molecule has 0 amide bonds. The summed E-state index contributed by atoms with van der Waals surface area (Å²) in [5.74, 6) is 0.0225. The molecule has 88 valence electrons. The van der Waals surface area contributed by atoms with Gasteiger partial charge in [-0.1, -0.05) is 13.8 Å². The molecule has 1 aromatic carbocycles. The first-order valence-corrected chi connectivity index (χ1v) is 5.68. The Morgan fingerprint density at radius 3 is 2.88 bits per heavy atom. The molecule has 4 heteroatoms. The number of carbonyl (C=O) groups excluding carboxylic acids is 1. The minimum atomic E-state index is -0.0180. The summed E-state index contributed by atoms with van der Waals surface area (Å²) in [5.41, 5.74) is 8.15. The van der Waals surface area contributed by atoms with Crippen LogP contribution in [0.2, 0.25) is 0 Å². The number of rotatable bonds is 3. The van der Waals surface area contributed by atoms with Gasteiger partial charge in [-0.2, -0.15) is 0 Å². The highest BCUT2D eigenvalue weighted by atomic mass is 16.1. The molecule has 2 rings (SSSR count). The number of ketones is 1. The molecule has 1 aromatic heterocycles. The lowest BCUT2D eigenvalue weighted by Gasteiger charge is -2.07. The van der Waals surface area contributed by atoms with E-state index in [4.69, 9.17) is 5.73 Å². The minimum Gasteiger partial charge on any atom is -0.399 e. The molecule has 2 N–H and O–H groups in total. The number of hydrogen-bond acceptors (Lipinski definition) is 4. The monoisotopic (exact) mass is 229 g/mol. The van der Waals surface area contributed by atoms with Crippen molar-refractivity contribution in [2.45, 2.75) is 20.3 Å². The van der Waals surface area contributed by atoms with Gasteiger partial charge >= 0.3 is 0 Å². The Balaban J connectivity index is 2.45. The highest BCUT2D eigenvalue weighted by Gasteiger charge is 2.15. The third kappa shape index (κ3) is 2.25. The molecule has 0 bridgehead atoms. The number of benzene rings is 1. The number of nitrogens with zero attached hydrogens (tertiary/aromatic N) is 2. The van der Waals surface area contributed by atoms with E-state index in [9.17, 15) is 4.79 Å². The second-order valence-corrected chi connectivity index (χ2v) is 4.18. The van der Waals surface area contributed by atoms with Crippen LogP contribution in [0.5, 0.6) is 0 Å². The molecule has 1 heterocycles. The first-order valence-electron chi connectivity index (χ1n) is 5.68. The summed E-state index contributed by atoms with van der Waals surface area (Å²) < 4.78 is 0. The van der Waals surface area contributed by atoms with Gasteiger partial charge in [0.1, 0.15) is 5.69 Å². The molecule has 1 atom stereocenters. The van der Waals surface area contributed by atoms with Crippen molar-refractivity contribution in [1.82, 2.24) is 9.97 Å². The lowest BCUT2D eigenvalue weighted by molar-refractivity contribution is 0.0922. The average molecular weight is 229 g/mol. The molecular formula is C13H15N3O. The van der Waals surface area contributed by atoms with Crippen LogP contribution in [0.4, 0.5) is 5.69 Å². The maximum atomic E-state index is 12.0. The number of nitrogen functional groups attached to an aromatic ring is 1. The summed E-state index contributed by atoms with van der Waals surface area (Å²) in [5, 5.41) is 0. The smallest absolute Gasteiger partial charge is 0.185 e. The van der Waals surface area contributed by atoms with Gasteiger partial charge in [-0.25, -0.2) is 4.98 Å². The van der Waals surface area contributed by atoms with Crippen LogP contribution >= 0.6 is 0 Å². The van der Waals surface area contributed by atoms with E-state index in [1.165, 1.54) is 6.20 Å². The third-order valence-corrected chi connectivity index (χ3v) is 2.88. The van der Waals surface area contributed by atoms with Crippen molar-refractivity contribution in [1.29, 1.82) is 0 Å². The normalized spacial score (nSPS) is 12.6. The second-order valence-electron chi connectivity index (χ2n) is 4.18. The fraction of sp³-hybridized carbons (Fsp3) is 0.308. The van der Waals surface area contributed by atoms with Gasteiger partial charge in [0.05, 0.1) is 17.2 Å². The lowest BCUT2D eigenvalue weighted by atomic mass is 10.0. The van der Waals surface area contributed by atoms with Gasteiger partial charge in [-0.05, 0) is 24.6 Å². The third-order valence-electron chi connectivity index (χ3n) is 2.88. The number of Topliss-reactive ketones (excluding diaryl/α,β-unsaturated/α-hetero) is 1. The summed E-state index contributed by atoms with van der Waals surface area (Å²) in [7, 11) is 0. The highest BCUT2D eigenvalue weighted by Crippen LogP contribution is 2.15. The van der Waals surface area contributed by atoms with E-state index in [0.29, 0.717) is 22.4 Å². The van der Waals surface area contributed by atoms with E-state index in [1.54, 1.807) is 18.2 Å². The highest BCUT2D eigenvalue weighted by molar-refractivity contribution is 5.97. The van der Waals surface area contributed by atoms with Crippen LogP contribution in [0.25, 0.3) is 11.0 Å². The molecule has 0 saturated heterocycles. The molecular weight excluding hydrogens is 214 g/mol. The van der Waals surface area contributed by atoms with Gasteiger partial charge in [-0.15, -0.1) is 0 Å². The van der Waals surface area contributed by atoms with E-state index in [0.717, 1.165) is 6.42 Å². The van der Waals surface area contributed by atoms with Gasteiger partial charge in [0.15, 0.2) is 5.78 Å². The van der Waals surface area contributed by atoms with Crippen molar-refractivity contribution in [2.75, 3.05) is 5.73 Å². The fourth-order valence-electron chi connectivity index (χ4n) is 1.58. The zero-order valence-electron chi connectivity index (χ0n) is 9.97. The Morgan fingerprint density at radius 1 is 1.41 bits per heavy atom. The van der Waals surface area contributed by atoms with Gasteiger partial charge in [0, 0.05) is 11.6 Å². The molecule has 0 spiro atoms. The maximum Gasteiger partial charge on any atom is 0.185 e. The Labute approximate surface area is 99.9 Å². The summed E-state index contributed by atoms with van der Waals surface area (Å²) in [6.07, 6.45) is 2.33. The van der Waals surface area contributed by atoms with Crippen LogP contribution in [-0.2, 0) is 0 Å². The topological polar surface area (TPSA) is 68.9 Å². The SMILES string of the molecule is CCC(C)C(=O)c1cnc2cc(N)ccc2n1. The standard InChI is InChI=1S/C13H15N3O/c1-3-8(2)13(17)12-7-15-11-6-9(14)4-5-10(11)16-12/h4-8H,3,14H2,1-2H3. The average Bonchev–Trinajstić information content (AvgIpc) is 2.36. The van der Waals surface area contributed by atoms with Crippen molar-refractivity contribution in [2.24, 2.45) is 5.92 Å². The predicted molar refractivity (Wildman–Crippen MR) is 67.7 cm³/mol. The van der Waals surface area contributed by atoms with E-state index in [2.05, 4.69) is 9.97 Å². The first-order chi connectivity index (χ1) is 8.11. The number of anilines is 1. The summed E-state index contributed by atoms with van der Waals surface area (Å²) in [6, 6.07) is 5.29. The summed E-state index contributed by atoms with van der Waals surface area (Å²) in [6.45, 7) is 3.88. The van der Waals surface area contributed by atoms with Crippen LogP contribution in [-0.4, -0.2) is 15.8 Å². The Kier molecular flexibility index (Phi) is 3.04. The van der Waals surface area contributed by atoms with Crippen LogP contribution in [0, 0.1) is 5.92 Å². The van der Waals surface area contributed by atoms with Crippen molar-refractivity contribution in [3.05, 3.63) is 30.1 Å². The molecule has 0 fully saturated rings. The lowest BCUT2D eigenvalue weighted by Crippen LogP contribution is -2.12. The van der Waals surface area contributed by atoms with E-state index < -0.39 is 0 Å². The largest absolute Gasteiger partial charge is 0.399 e. The fourth-order valence-corrected chi connectivity index (χ4v) is 1.58. The van der Waals surface area contributed by atoms with Gasteiger partial charge in [-0.3, -0.25) is 9.78 Å². The Bertz CT molecular complexity index is 566. The molecule has 17 heavy (non-hydrogen) atoms. The maximum absolute atomic E-state index is 12.0. The first kappa shape index (κ1) is 11.5. The van der Waals surface area contributed by atoms with Crippen LogP contribution in [0.1, 0.15) is 30.8 Å². The molecule has 2 aromatic rings. The molecule has 0 aliphatic heterocycles. The van der Waals surface area contributed by atoms with Gasteiger partial charge in [0.2, 0.25) is 0 Å². The van der Waals surface area contributed by atoms with Crippen LogP contribution < -0.4 is 5.73 Å². The molecule has 0 aliphatic carbocycles. The summed E-state index contributed by atoms with van der Waals surface area (Å²) in [4.78, 5) is 20.5. The van der Waals surface area contributed by atoms with Gasteiger partial charge < -0.3 is 5.73 Å². The zero-order valence-corrected chi connectivity index (χ0v) is 9.97. The quantitative estimate of drug-likeness (QED) is 0.648. The number of aromatic nitrogens is 2. The molecule has 0 saturated carbocycles. The van der Waals surface area contributed by atoms with Crippen molar-refractivity contribution < 1.29 is 4.79 Å². The van der Waals surface area contributed by atoms with Gasteiger partial charge in [0.25, 0.3) is 0 Å². The Morgan fingerprint density at radius 2 is 2.18 bits per heavy atom. The number of hydrogen-bond donors (Lipinski definition) is 1. The zero-order chi connectivity index (χ0) is 12.4.